The van der Waals surface area contributed by atoms with Crippen LogP contribution in [0, 0.1) is 0 Å². The first-order valence-corrected chi connectivity index (χ1v) is 6.35. The molecule has 0 aromatic heterocycles. The van der Waals surface area contributed by atoms with E-state index in [0.717, 1.165) is 25.7 Å². The Balaban J connectivity index is 0. The number of rotatable bonds is 7. The minimum absolute atomic E-state index is 0. The summed E-state index contributed by atoms with van der Waals surface area (Å²) in [5.41, 5.74) is 0. The van der Waals surface area contributed by atoms with Crippen molar-refractivity contribution in [2.45, 2.75) is 47.0 Å². The lowest BCUT2D eigenvalue weighted by atomic mass is 10.2. The molecule has 13 heavy (non-hydrogen) atoms. The van der Waals surface area contributed by atoms with Crippen LogP contribution in [0.25, 0.3) is 0 Å². The average molecular weight is 210 g/mol. The zero-order valence-corrected chi connectivity index (χ0v) is 8.85. The maximum absolute atomic E-state index is 11.1. The van der Waals surface area contributed by atoms with Crippen molar-refractivity contribution in [3.63, 3.8) is 0 Å². The quantitative estimate of drug-likeness (QED) is 0.517. The molecular weight excluding hydrogens is 187 g/mol. The molecule has 0 spiro atoms. The third-order valence-corrected chi connectivity index (χ3v) is 3.17. The first kappa shape index (κ1) is 15.6. The predicted octanol–water partition coefficient (Wildman–Crippen LogP) is 3.42. The molecule has 0 radical (unpaired) electrons. The van der Waals surface area contributed by atoms with Crippen molar-refractivity contribution < 1.29 is 14.0 Å². The standard InChI is InChI=1S/C8H19O3P.CH4/c1-3-5-6-7-8-12(9,10)11-4-2;/h3-8H2,1-2H3,(H,9,10);1H4. The second kappa shape index (κ2) is 8.74. The van der Waals surface area contributed by atoms with E-state index in [1.807, 2.05) is 0 Å². The van der Waals surface area contributed by atoms with Gasteiger partial charge < -0.3 is 9.42 Å². The highest BCUT2D eigenvalue weighted by Gasteiger charge is 2.16. The molecule has 0 aliphatic rings. The summed E-state index contributed by atoms with van der Waals surface area (Å²) in [4.78, 5) is 9.15. The van der Waals surface area contributed by atoms with Gasteiger partial charge in [0.1, 0.15) is 0 Å². The Morgan fingerprint density at radius 3 is 2.31 bits per heavy atom. The minimum Gasteiger partial charge on any atom is -0.324 e. The third kappa shape index (κ3) is 10.1. The van der Waals surface area contributed by atoms with Gasteiger partial charge >= 0.3 is 7.60 Å². The second-order valence-corrected chi connectivity index (χ2v) is 4.82. The van der Waals surface area contributed by atoms with E-state index < -0.39 is 7.60 Å². The van der Waals surface area contributed by atoms with Crippen molar-refractivity contribution in [3.8, 4) is 0 Å². The summed E-state index contributed by atoms with van der Waals surface area (Å²) >= 11 is 0. The van der Waals surface area contributed by atoms with Gasteiger partial charge in [0, 0.05) is 6.16 Å². The molecule has 3 nitrogen and oxygen atoms in total. The third-order valence-electron chi connectivity index (χ3n) is 1.63. The summed E-state index contributed by atoms with van der Waals surface area (Å²) < 4.78 is 15.8. The van der Waals surface area contributed by atoms with Crippen LogP contribution in [0.1, 0.15) is 47.0 Å². The highest BCUT2D eigenvalue weighted by atomic mass is 31.2. The number of hydrogen-bond donors (Lipinski definition) is 1. The number of hydrogen-bond acceptors (Lipinski definition) is 2. The van der Waals surface area contributed by atoms with Crippen LogP contribution in [0.4, 0.5) is 0 Å². The lowest BCUT2D eigenvalue weighted by molar-refractivity contribution is 0.273. The van der Waals surface area contributed by atoms with Crippen LogP contribution in [0.5, 0.6) is 0 Å². The maximum atomic E-state index is 11.1. The van der Waals surface area contributed by atoms with Crippen LogP contribution in [-0.4, -0.2) is 17.7 Å². The van der Waals surface area contributed by atoms with Crippen LogP contribution in [0.3, 0.4) is 0 Å². The summed E-state index contributed by atoms with van der Waals surface area (Å²) in [6.45, 7) is 4.16. The van der Waals surface area contributed by atoms with E-state index in [0.29, 0.717) is 12.8 Å². The van der Waals surface area contributed by atoms with E-state index in [2.05, 4.69) is 6.92 Å². The molecule has 0 aromatic carbocycles. The summed E-state index contributed by atoms with van der Waals surface area (Å²) in [5.74, 6) is 0. The SMILES string of the molecule is C.CCCCCCP(=O)(O)OCC. The zero-order chi connectivity index (χ0) is 9.45. The van der Waals surface area contributed by atoms with Gasteiger partial charge in [-0.15, -0.1) is 0 Å². The minimum atomic E-state index is -3.23. The second-order valence-electron chi connectivity index (χ2n) is 2.84. The van der Waals surface area contributed by atoms with Gasteiger partial charge in [-0.3, -0.25) is 4.57 Å². The fourth-order valence-corrected chi connectivity index (χ4v) is 2.16. The molecule has 0 saturated carbocycles. The lowest BCUT2D eigenvalue weighted by Crippen LogP contribution is -1.94. The molecule has 82 valence electrons. The molecule has 0 amide bonds. The Kier molecular flexibility index (Phi) is 10.5. The van der Waals surface area contributed by atoms with Crippen LogP contribution in [0.15, 0.2) is 0 Å². The molecule has 0 fully saturated rings. The van der Waals surface area contributed by atoms with E-state index >= 15 is 0 Å². The highest BCUT2D eigenvalue weighted by Crippen LogP contribution is 2.42. The fraction of sp³-hybridized carbons (Fsp3) is 1.00. The zero-order valence-electron chi connectivity index (χ0n) is 7.95. The summed E-state index contributed by atoms with van der Waals surface area (Å²) in [7, 11) is -3.23. The molecule has 0 aliphatic carbocycles. The van der Waals surface area contributed by atoms with Gasteiger partial charge in [0.25, 0.3) is 0 Å². The van der Waals surface area contributed by atoms with Gasteiger partial charge in [-0.05, 0) is 13.3 Å². The Labute approximate surface area is 82.0 Å². The van der Waals surface area contributed by atoms with E-state index in [4.69, 9.17) is 9.42 Å². The summed E-state index contributed by atoms with van der Waals surface area (Å²) in [6.07, 6.45) is 4.40. The molecule has 0 bridgehead atoms. The Morgan fingerprint density at radius 1 is 1.23 bits per heavy atom. The predicted molar refractivity (Wildman–Crippen MR) is 57.2 cm³/mol. The molecule has 4 heteroatoms. The van der Waals surface area contributed by atoms with E-state index in [9.17, 15) is 4.57 Å². The van der Waals surface area contributed by atoms with Crippen molar-refractivity contribution in [2.75, 3.05) is 12.8 Å². The van der Waals surface area contributed by atoms with Crippen LogP contribution < -0.4 is 0 Å². The first-order valence-electron chi connectivity index (χ1n) is 4.58. The van der Waals surface area contributed by atoms with Crippen molar-refractivity contribution in [1.82, 2.24) is 0 Å². The number of unbranched alkanes of at least 4 members (excludes halogenated alkanes) is 3. The largest absolute Gasteiger partial charge is 0.328 e. The van der Waals surface area contributed by atoms with Crippen molar-refractivity contribution in [3.05, 3.63) is 0 Å². The van der Waals surface area contributed by atoms with Gasteiger partial charge in [0.05, 0.1) is 6.61 Å². The Morgan fingerprint density at radius 2 is 1.85 bits per heavy atom. The molecule has 1 unspecified atom stereocenters. The van der Waals surface area contributed by atoms with Gasteiger partial charge in [-0.2, -0.15) is 0 Å². The van der Waals surface area contributed by atoms with Gasteiger partial charge in [-0.1, -0.05) is 33.6 Å². The molecule has 0 aliphatic heterocycles. The summed E-state index contributed by atoms with van der Waals surface area (Å²) in [5, 5.41) is 0. The van der Waals surface area contributed by atoms with E-state index in [-0.39, 0.29) is 7.43 Å². The lowest BCUT2D eigenvalue weighted by Gasteiger charge is -2.09. The molecule has 1 atom stereocenters. The Bertz CT molecular complexity index is 148. The topological polar surface area (TPSA) is 46.5 Å². The monoisotopic (exact) mass is 210 g/mol. The van der Waals surface area contributed by atoms with Crippen LogP contribution in [0.2, 0.25) is 0 Å². The van der Waals surface area contributed by atoms with Gasteiger partial charge in [-0.25, -0.2) is 0 Å². The van der Waals surface area contributed by atoms with Crippen LogP contribution >= 0.6 is 7.60 Å². The van der Waals surface area contributed by atoms with E-state index in [1.54, 1.807) is 6.92 Å². The average Bonchev–Trinajstić information content (AvgIpc) is 1.98. The van der Waals surface area contributed by atoms with E-state index in [1.165, 1.54) is 0 Å². The molecule has 0 heterocycles. The van der Waals surface area contributed by atoms with Gasteiger partial charge in [0.15, 0.2) is 0 Å². The first-order chi connectivity index (χ1) is 5.62. The smallest absolute Gasteiger partial charge is 0.324 e. The van der Waals surface area contributed by atoms with Crippen LogP contribution in [-0.2, 0) is 9.09 Å². The van der Waals surface area contributed by atoms with Crippen molar-refractivity contribution in [1.29, 1.82) is 0 Å². The Hall–Kier alpha value is 0.150. The van der Waals surface area contributed by atoms with Crippen molar-refractivity contribution in [2.24, 2.45) is 0 Å². The maximum Gasteiger partial charge on any atom is 0.328 e. The highest BCUT2D eigenvalue weighted by molar-refractivity contribution is 7.52. The molecule has 0 aromatic rings. The van der Waals surface area contributed by atoms with Gasteiger partial charge in [0.2, 0.25) is 0 Å². The molecular formula is C9H23O3P. The molecule has 0 rings (SSSR count). The fourth-order valence-electron chi connectivity index (χ4n) is 1.00. The molecule has 0 saturated heterocycles. The normalized spacial score (nSPS) is 14.7. The van der Waals surface area contributed by atoms with Crippen molar-refractivity contribution >= 4 is 7.60 Å². The molecule has 1 N–H and O–H groups in total. The summed E-state index contributed by atoms with van der Waals surface area (Å²) in [6, 6.07) is 0.